The molecule has 0 radical (unpaired) electrons. The molecule has 2 fully saturated rings. The van der Waals surface area contributed by atoms with Gasteiger partial charge in [-0.25, -0.2) is 18.1 Å². The van der Waals surface area contributed by atoms with Crippen molar-refractivity contribution in [3.63, 3.8) is 0 Å². The van der Waals surface area contributed by atoms with Gasteiger partial charge in [0.15, 0.2) is 11.3 Å². The zero-order chi connectivity index (χ0) is 17.9. The van der Waals surface area contributed by atoms with E-state index < -0.39 is 10.0 Å². The highest BCUT2D eigenvalue weighted by Crippen LogP contribution is 2.42. The average Bonchev–Trinajstić information content (AvgIpc) is 3.06. The molecule has 0 aliphatic heterocycles. The lowest BCUT2D eigenvalue weighted by atomic mass is 9.93. The molecule has 3 atom stereocenters. The van der Waals surface area contributed by atoms with Gasteiger partial charge in [-0.1, -0.05) is 13.3 Å². The number of nitrogens with zero attached hydrogens (tertiary/aromatic N) is 4. The van der Waals surface area contributed by atoms with Crippen LogP contribution < -0.4 is 4.72 Å². The summed E-state index contributed by atoms with van der Waals surface area (Å²) in [6.45, 7) is 2.16. The predicted molar refractivity (Wildman–Crippen MR) is 97.3 cm³/mol. The third-order valence-electron chi connectivity index (χ3n) is 5.81. The van der Waals surface area contributed by atoms with Crippen molar-refractivity contribution >= 4 is 26.8 Å². The Hall–Kier alpha value is -2.00. The number of H-pyrrole nitrogens is 1. The minimum atomic E-state index is -3.17. The topological polar surface area (TPSA) is 105 Å². The van der Waals surface area contributed by atoms with Crippen molar-refractivity contribution in [2.75, 3.05) is 0 Å². The fourth-order valence-corrected chi connectivity index (χ4v) is 5.94. The normalized spacial score (nSPS) is 26.9. The Bertz CT molecular complexity index is 1070. The fourth-order valence-electron chi connectivity index (χ4n) is 4.33. The number of fused-ring (bicyclic) bond motifs is 3. The van der Waals surface area contributed by atoms with Gasteiger partial charge in [-0.2, -0.15) is 0 Å². The molecule has 3 aromatic heterocycles. The molecule has 2 N–H and O–H groups in total. The molecule has 2 aliphatic carbocycles. The number of hydrogen-bond acceptors (Lipinski definition) is 5. The quantitative estimate of drug-likeness (QED) is 0.710. The summed E-state index contributed by atoms with van der Waals surface area (Å²) in [7, 11) is -3.17. The zero-order valence-electron chi connectivity index (χ0n) is 14.6. The number of rotatable bonds is 5. The van der Waals surface area contributed by atoms with E-state index in [1.165, 1.54) is 0 Å². The Balaban J connectivity index is 1.50. The summed E-state index contributed by atoms with van der Waals surface area (Å²) in [4.78, 5) is 7.49. The van der Waals surface area contributed by atoms with Crippen LogP contribution in [-0.2, 0) is 10.0 Å². The third-order valence-corrected chi connectivity index (χ3v) is 7.82. The number of aromatic amines is 1. The molecule has 2 aliphatic rings. The van der Waals surface area contributed by atoms with Crippen LogP contribution in [-0.4, -0.2) is 44.3 Å². The van der Waals surface area contributed by atoms with Gasteiger partial charge >= 0.3 is 0 Å². The number of aromatic nitrogens is 5. The molecule has 0 saturated heterocycles. The highest BCUT2D eigenvalue weighted by molar-refractivity contribution is 7.90. The van der Waals surface area contributed by atoms with Crippen molar-refractivity contribution in [1.82, 2.24) is 29.3 Å². The van der Waals surface area contributed by atoms with Crippen molar-refractivity contribution in [3.8, 4) is 0 Å². The third kappa shape index (κ3) is 2.52. The van der Waals surface area contributed by atoms with Crippen LogP contribution in [0.3, 0.4) is 0 Å². The van der Waals surface area contributed by atoms with E-state index in [4.69, 9.17) is 0 Å². The summed E-state index contributed by atoms with van der Waals surface area (Å²) >= 11 is 0. The Morgan fingerprint density at radius 1 is 1.31 bits per heavy atom. The lowest BCUT2D eigenvalue weighted by molar-refractivity contribution is 0.449. The highest BCUT2D eigenvalue weighted by Gasteiger charge is 2.42. The molecular weight excluding hydrogens is 352 g/mol. The van der Waals surface area contributed by atoms with Crippen LogP contribution in [0.2, 0.25) is 0 Å². The van der Waals surface area contributed by atoms with Crippen LogP contribution in [0.4, 0.5) is 0 Å². The second kappa shape index (κ2) is 5.75. The van der Waals surface area contributed by atoms with Crippen LogP contribution in [0.25, 0.3) is 16.8 Å². The standard InChI is InChI=1S/C17H22N6O2S/c1-2-10-7-11(22-26(24,25)12-3-4-12)8-13(10)17-21-20-15-9-19-16-14(23(15)17)5-6-18-16/h5-6,9-13,18,22H,2-4,7-8H2,1H3/t10-,11-,13-/m0/s1. The molecule has 0 bridgehead atoms. The zero-order valence-corrected chi connectivity index (χ0v) is 15.4. The maximum absolute atomic E-state index is 12.3. The van der Waals surface area contributed by atoms with E-state index in [1.54, 1.807) is 6.20 Å². The van der Waals surface area contributed by atoms with E-state index in [-0.39, 0.29) is 17.2 Å². The molecule has 26 heavy (non-hydrogen) atoms. The maximum atomic E-state index is 12.3. The van der Waals surface area contributed by atoms with Crippen molar-refractivity contribution in [3.05, 3.63) is 24.3 Å². The van der Waals surface area contributed by atoms with Gasteiger partial charge in [0.2, 0.25) is 10.0 Å². The summed E-state index contributed by atoms with van der Waals surface area (Å²) < 4.78 is 29.7. The Morgan fingerprint density at radius 2 is 2.15 bits per heavy atom. The van der Waals surface area contributed by atoms with E-state index in [0.29, 0.717) is 5.92 Å². The monoisotopic (exact) mass is 374 g/mol. The minimum absolute atomic E-state index is 0.0218. The van der Waals surface area contributed by atoms with Gasteiger partial charge in [0, 0.05) is 18.2 Å². The summed E-state index contributed by atoms with van der Waals surface area (Å²) in [5.41, 5.74) is 2.49. The van der Waals surface area contributed by atoms with E-state index >= 15 is 0 Å². The van der Waals surface area contributed by atoms with Crippen LogP contribution in [0.1, 0.15) is 50.8 Å². The molecule has 8 nitrogen and oxygen atoms in total. The molecule has 138 valence electrons. The van der Waals surface area contributed by atoms with Gasteiger partial charge in [0.1, 0.15) is 5.82 Å². The van der Waals surface area contributed by atoms with Crippen molar-refractivity contribution < 1.29 is 8.42 Å². The molecule has 0 unspecified atom stereocenters. The largest absolute Gasteiger partial charge is 0.345 e. The van der Waals surface area contributed by atoms with Crippen molar-refractivity contribution in [2.24, 2.45) is 5.92 Å². The van der Waals surface area contributed by atoms with E-state index in [1.807, 2.05) is 12.3 Å². The summed E-state index contributed by atoms with van der Waals surface area (Å²) in [5, 5.41) is 8.58. The van der Waals surface area contributed by atoms with E-state index in [9.17, 15) is 8.42 Å². The van der Waals surface area contributed by atoms with Crippen LogP contribution in [0.5, 0.6) is 0 Å². The molecule has 3 heterocycles. The lowest BCUT2D eigenvalue weighted by Gasteiger charge is -2.16. The first-order valence-electron chi connectivity index (χ1n) is 9.25. The Morgan fingerprint density at radius 3 is 2.92 bits per heavy atom. The fraction of sp³-hybridized carbons (Fsp3) is 0.588. The smallest absolute Gasteiger partial charge is 0.214 e. The number of sulfonamides is 1. The average molecular weight is 374 g/mol. The van der Waals surface area contributed by atoms with E-state index in [0.717, 1.165) is 54.7 Å². The lowest BCUT2D eigenvalue weighted by Crippen LogP contribution is -2.35. The SMILES string of the molecule is CC[C@H]1C[C@H](NS(=O)(=O)C2CC2)C[C@@H]1c1nnc2cnc3[nH]ccc3n12. The molecule has 2 saturated carbocycles. The van der Waals surface area contributed by atoms with Crippen LogP contribution in [0.15, 0.2) is 18.5 Å². The van der Waals surface area contributed by atoms with Gasteiger partial charge in [-0.05, 0) is 37.7 Å². The second-order valence-corrected chi connectivity index (χ2v) is 9.52. The first-order chi connectivity index (χ1) is 12.6. The molecule has 5 rings (SSSR count). The second-order valence-electron chi connectivity index (χ2n) is 7.53. The first kappa shape index (κ1) is 16.2. The molecule has 9 heteroatoms. The molecule has 3 aromatic rings. The van der Waals surface area contributed by atoms with Gasteiger partial charge in [0.05, 0.1) is 17.0 Å². The summed E-state index contributed by atoms with van der Waals surface area (Å²) in [6, 6.07) is 1.96. The minimum Gasteiger partial charge on any atom is -0.345 e. The summed E-state index contributed by atoms with van der Waals surface area (Å²) in [6.07, 6.45) is 7.76. The Kier molecular flexibility index (Phi) is 3.58. The predicted octanol–water partition coefficient (Wildman–Crippen LogP) is 1.96. The first-order valence-corrected chi connectivity index (χ1v) is 10.8. The molecule has 0 spiro atoms. The molecular formula is C17H22N6O2S. The van der Waals surface area contributed by atoms with Crippen LogP contribution in [0, 0.1) is 5.92 Å². The molecule has 0 aromatic carbocycles. The number of hydrogen-bond donors (Lipinski definition) is 2. The van der Waals surface area contributed by atoms with Crippen molar-refractivity contribution in [2.45, 2.75) is 56.2 Å². The maximum Gasteiger partial charge on any atom is 0.214 e. The Labute approximate surface area is 151 Å². The van der Waals surface area contributed by atoms with Crippen molar-refractivity contribution in [1.29, 1.82) is 0 Å². The van der Waals surface area contributed by atoms with Crippen LogP contribution >= 0.6 is 0 Å². The van der Waals surface area contributed by atoms with Gasteiger partial charge in [-0.3, -0.25) is 4.40 Å². The molecule has 0 amide bonds. The van der Waals surface area contributed by atoms with E-state index in [2.05, 4.69) is 36.2 Å². The number of nitrogens with one attached hydrogen (secondary N) is 2. The van der Waals surface area contributed by atoms with Gasteiger partial charge < -0.3 is 4.98 Å². The summed E-state index contributed by atoms with van der Waals surface area (Å²) in [5.74, 6) is 1.48. The van der Waals surface area contributed by atoms with Gasteiger partial charge in [-0.15, -0.1) is 10.2 Å². The highest BCUT2D eigenvalue weighted by atomic mass is 32.2. The van der Waals surface area contributed by atoms with Gasteiger partial charge in [0.25, 0.3) is 0 Å².